The van der Waals surface area contributed by atoms with Crippen LogP contribution in [-0.2, 0) is 10.0 Å². The van der Waals surface area contributed by atoms with Crippen LogP contribution in [0.2, 0.25) is 0 Å². The Morgan fingerprint density at radius 2 is 1.90 bits per heavy atom. The zero-order valence-electron chi connectivity index (χ0n) is 10.6. The average Bonchev–Trinajstić information content (AvgIpc) is 2.37. The molecule has 0 saturated heterocycles. The summed E-state index contributed by atoms with van der Waals surface area (Å²) in [5.41, 5.74) is 5.10. The zero-order chi connectivity index (χ0) is 15.6. The molecule has 0 aliphatic carbocycles. The Morgan fingerprint density at radius 3 is 2.52 bits per heavy atom. The van der Waals surface area contributed by atoms with Crippen LogP contribution in [0.15, 0.2) is 47.4 Å². The summed E-state index contributed by atoms with van der Waals surface area (Å²) in [4.78, 5) is 10.7. The Kier molecular flexibility index (Phi) is 3.81. The molecule has 0 aliphatic heterocycles. The van der Waals surface area contributed by atoms with Gasteiger partial charge in [-0.25, -0.2) is 17.6 Å². The molecule has 110 valence electrons. The Morgan fingerprint density at radius 1 is 1.19 bits per heavy atom. The summed E-state index contributed by atoms with van der Waals surface area (Å²) in [6.07, 6.45) is 0. The van der Waals surface area contributed by atoms with Crippen molar-refractivity contribution in [2.24, 2.45) is 0 Å². The summed E-state index contributed by atoms with van der Waals surface area (Å²) in [5, 5.41) is 9.06. The molecule has 0 bridgehead atoms. The molecule has 0 atom stereocenters. The Bertz CT molecular complexity index is 806. The first kappa shape index (κ1) is 14.8. The quantitative estimate of drug-likeness (QED) is 0.747. The molecule has 0 unspecified atom stereocenters. The number of nitrogens with two attached hydrogens (primary N) is 1. The number of carboxylic acids is 1. The van der Waals surface area contributed by atoms with Crippen molar-refractivity contribution in [1.29, 1.82) is 0 Å². The number of carboxylic acid groups (broad SMARTS) is 1. The molecule has 2 aromatic rings. The van der Waals surface area contributed by atoms with Gasteiger partial charge in [0.25, 0.3) is 10.0 Å². The minimum absolute atomic E-state index is 0.0110. The maximum absolute atomic E-state index is 13.1. The van der Waals surface area contributed by atoms with Crippen molar-refractivity contribution in [2.45, 2.75) is 4.90 Å². The highest BCUT2D eigenvalue weighted by Crippen LogP contribution is 2.22. The molecule has 6 nitrogen and oxygen atoms in total. The number of rotatable bonds is 4. The van der Waals surface area contributed by atoms with Crippen LogP contribution >= 0.6 is 0 Å². The van der Waals surface area contributed by atoms with E-state index in [0.717, 1.165) is 24.3 Å². The molecular formula is C13H11FN2O4S. The summed E-state index contributed by atoms with van der Waals surface area (Å²) in [6.45, 7) is 0. The van der Waals surface area contributed by atoms with E-state index in [1.807, 2.05) is 0 Å². The Hall–Kier alpha value is -2.61. The lowest BCUT2D eigenvalue weighted by atomic mass is 10.2. The number of hydrogen-bond acceptors (Lipinski definition) is 4. The van der Waals surface area contributed by atoms with E-state index in [9.17, 15) is 17.6 Å². The molecule has 0 aromatic heterocycles. The summed E-state index contributed by atoms with van der Waals surface area (Å²) >= 11 is 0. The minimum atomic E-state index is -4.18. The molecule has 2 rings (SSSR count). The molecule has 0 spiro atoms. The largest absolute Gasteiger partial charge is 0.478 e. The first-order chi connectivity index (χ1) is 9.79. The Labute approximate surface area is 120 Å². The molecular weight excluding hydrogens is 299 g/mol. The van der Waals surface area contributed by atoms with E-state index < -0.39 is 32.3 Å². The van der Waals surface area contributed by atoms with Crippen LogP contribution < -0.4 is 10.5 Å². The second kappa shape index (κ2) is 5.41. The predicted octanol–water partition coefficient (Wildman–Crippen LogP) is 1.91. The van der Waals surface area contributed by atoms with Gasteiger partial charge >= 0.3 is 5.97 Å². The molecule has 0 radical (unpaired) electrons. The van der Waals surface area contributed by atoms with Gasteiger partial charge in [-0.15, -0.1) is 0 Å². The number of benzene rings is 2. The van der Waals surface area contributed by atoms with Crippen molar-refractivity contribution in [3.63, 3.8) is 0 Å². The van der Waals surface area contributed by atoms with Gasteiger partial charge in [0.2, 0.25) is 0 Å². The number of hydrogen-bond donors (Lipinski definition) is 3. The average molecular weight is 310 g/mol. The third kappa shape index (κ3) is 3.29. The molecule has 0 saturated carbocycles. The second-order valence-electron chi connectivity index (χ2n) is 4.18. The second-order valence-corrected chi connectivity index (χ2v) is 5.83. The maximum Gasteiger partial charge on any atom is 0.337 e. The first-order valence-electron chi connectivity index (χ1n) is 5.71. The predicted molar refractivity (Wildman–Crippen MR) is 75.0 cm³/mol. The number of nitrogens with one attached hydrogen (secondary N) is 1. The van der Waals surface area contributed by atoms with Crippen molar-refractivity contribution in [2.75, 3.05) is 10.5 Å². The van der Waals surface area contributed by atoms with Gasteiger partial charge in [0.1, 0.15) is 10.7 Å². The molecule has 0 aliphatic rings. The lowest BCUT2D eigenvalue weighted by Gasteiger charge is -2.11. The van der Waals surface area contributed by atoms with E-state index in [1.165, 1.54) is 18.2 Å². The third-order valence-electron chi connectivity index (χ3n) is 2.60. The van der Waals surface area contributed by atoms with Crippen molar-refractivity contribution in [3.05, 3.63) is 53.8 Å². The van der Waals surface area contributed by atoms with Gasteiger partial charge < -0.3 is 10.8 Å². The van der Waals surface area contributed by atoms with Gasteiger partial charge in [0.05, 0.1) is 11.3 Å². The van der Waals surface area contributed by atoms with Crippen LogP contribution in [0, 0.1) is 5.82 Å². The van der Waals surface area contributed by atoms with E-state index in [-0.39, 0.29) is 11.4 Å². The normalized spacial score (nSPS) is 11.1. The Balaban J connectivity index is 2.47. The van der Waals surface area contributed by atoms with Crippen LogP contribution in [0.3, 0.4) is 0 Å². The van der Waals surface area contributed by atoms with E-state index in [4.69, 9.17) is 10.8 Å². The fourth-order valence-corrected chi connectivity index (χ4v) is 2.94. The molecule has 0 fully saturated rings. The smallest absolute Gasteiger partial charge is 0.337 e. The van der Waals surface area contributed by atoms with Crippen LogP contribution in [0.25, 0.3) is 0 Å². The summed E-state index contributed by atoms with van der Waals surface area (Å²) in [6, 6.07) is 8.21. The summed E-state index contributed by atoms with van der Waals surface area (Å²) in [7, 11) is -4.18. The van der Waals surface area contributed by atoms with Gasteiger partial charge in [0.15, 0.2) is 0 Å². The van der Waals surface area contributed by atoms with Gasteiger partial charge in [-0.3, -0.25) is 4.72 Å². The van der Waals surface area contributed by atoms with E-state index in [0.29, 0.717) is 0 Å². The van der Waals surface area contributed by atoms with Crippen molar-refractivity contribution < 1.29 is 22.7 Å². The lowest BCUT2D eigenvalue weighted by Crippen LogP contribution is -2.17. The fraction of sp³-hybridized carbons (Fsp3) is 0. The van der Waals surface area contributed by atoms with Gasteiger partial charge in [-0.2, -0.15) is 0 Å². The third-order valence-corrected chi connectivity index (χ3v) is 4.04. The SMILES string of the molecule is Nc1ccc(S(=O)(=O)Nc2cccc(F)c2)c(C(=O)O)c1. The number of nitrogen functional groups attached to an aromatic ring is 1. The first-order valence-corrected chi connectivity index (χ1v) is 7.19. The maximum atomic E-state index is 13.1. The van der Waals surface area contributed by atoms with Gasteiger partial charge in [-0.05, 0) is 36.4 Å². The zero-order valence-corrected chi connectivity index (χ0v) is 11.4. The van der Waals surface area contributed by atoms with Crippen molar-refractivity contribution >= 4 is 27.4 Å². The summed E-state index contributed by atoms with van der Waals surface area (Å²) in [5.74, 6) is -2.05. The lowest BCUT2D eigenvalue weighted by molar-refractivity contribution is 0.0692. The van der Waals surface area contributed by atoms with Crippen molar-refractivity contribution in [1.82, 2.24) is 0 Å². The number of carbonyl (C=O) groups is 1. The van der Waals surface area contributed by atoms with Crippen LogP contribution in [0.5, 0.6) is 0 Å². The van der Waals surface area contributed by atoms with Crippen LogP contribution in [0.1, 0.15) is 10.4 Å². The topological polar surface area (TPSA) is 109 Å². The molecule has 0 amide bonds. The van der Waals surface area contributed by atoms with E-state index in [2.05, 4.69) is 4.72 Å². The van der Waals surface area contributed by atoms with Gasteiger partial charge in [0, 0.05) is 5.69 Å². The number of sulfonamides is 1. The standard InChI is InChI=1S/C13H11FN2O4S/c14-8-2-1-3-10(6-8)16-21(19,20)12-5-4-9(15)7-11(12)13(17)18/h1-7,16H,15H2,(H,17,18). The highest BCUT2D eigenvalue weighted by Gasteiger charge is 2.22. The molecule has 0 heterocycles. The molecule has 8 heteroatoms. The fourth-order valence-electron chi connectivity index (χ4n) is 1.71. The van der Waals surface area contributed by atoms with E-state index in [1.54, 1.807) is 0 Å². The van der Waals surface area contributed by atoms with Crippen LogP contribution in [-0.4, -0.2) is 19.5 Å². The number of halogens is 1. The molecule has 4 N–H and O–H groups in total. The number of anilines is 2. The summed E-state index contributed by atoms with van der Waals surface area (Å²) < 4.78 is 39.6. The van der Waals surface area contributed by atoms with Crippen LogP contribution in [0.4, 0.5) is 15.8 Å². The highest BCUT2D eigenvalue weighted by atomic mass is 32.2. The minimum Gasteiger partial charge on any atom is -0.478 e. The monoisotopic (exact) mass is 310 g/mol. The molecule has 2 aromatic carbocycles. The van der Waals surface area contributed by atoms with Crippen molar-refractivity contribution in [3.8, 4) is 0 Å². The highest BCUT2D eigenvalue weighted by molar-refractivity contribution is 7.92. The van der Waals surface area contributed by atoms with Gasteiger partial charge in [-0.1, -0.05) is 6.07 Å². The van der Waals surface area contributed by atoms with E-state index >= 15 is 0 Å². The molecule has 21 heavy (non-hydrogen) atoms. The number of aromatic carboxylic acids is 1.